The lowest BCUT2D eigenvalue weighted by Crippen LogP contribution is -2.03. The third kappa shape index (κ3) is 2.73. The molecule has 0 aliphatic carbocycles. The third-order valence-corrected chi connectivity index (χ3v) is 3.48. The van der Waals surface area contributed by atoms with E-state index in [0.717, 1.165) is 0 Å². The fourth-order valence-corrected chi connectivity index (χ4v) is 2.37. The van der Waals surface area contributed by atoms with Crippen LogP contribution in [0.5, 0.6) is 11.5 Å². The number of ketones is 1. The number of benzene rings is 2. The number of allylic oxidation sites excluding steroid dienone is 1. The maximum absolute atomic E-state index is 13.7. The molecule has 5 heteroatoms. The van der Waals surface area contributed by atoms with Gasteiger partial charge in [-0.3, -0.25) is 9.59 Å². The molecule has 2 aromatic rings. The number of halogens is 1. The molecule has 3 rings (SSSR count). The number of hydrogen-bond donors (Lipinski definition) is 0. The fraction of sp³-hybridized carbons (Fsp3) is 0.111. The zero-order valence-electron chi connectivity index (χ0n) is 12.6. The van der Waals surface area contributed by atoms with Gasteiger partial charge in [-0.1, -0.05) is 18.2 Å². The van der Waals surface area contributed by atoms with E-state index in [0.29, 0.717) is 22.6 Å². The lowest BCUT2D eigenvalue weighted by Gasteiger charge is -2.08. The van der Waals surface area contributed by atoms with Gasteiger partial charge in [0.15, 0.2) is 5.76 Å². The van der Waals surface area contributed by atoms with Crippen LogP contribution in [0.1, 0.15) is 28.4 Å². The molecule has 0 saturated heterocycles. The molecule has 4 nitrogen and oxygen atoms in total. The number of hydrogen-bond acceptors (Lipinski definition) is 4. The minimum Gasteiger partial charge on any atom is -0.452 e. The van der Waals surface area contributed by atoms with Crippen molar-refractivity contribution in [2.75, 3.05) is 0 Å². The van der Waals surface area contributed by atoms with Gasteiger partial charge in [-0.2, -0.15) is 0 Å². The first kappa shape index (κ1) is 15.0. The molecule has 116 valence electrons. The van der Waals surface area contributed by atoms with Gasteiger partial charge in [0, 0.05) is 18.1 Å². The molecule has 0 aromatic heterocycles. The summed E-state index contributed by atoms with van der Waals surface area (Å²) in [5, 5.41) is 0. The molecule has 0 N–H and O–H groups in total. The van der Waals surface area contributed by atoms with Gasteiger partial charge in [0.25, 0.3) is 0 Å². The molecule has 1 aliphatic rings. The Hall–Kier alpha value is -2.95. The highest BCUT2D eigenvalue weighted by Gasteiger charge is 2.30. The maximum Gasteiger partial charge on any atom is 0.308 e. The van der Waals surface area contributed by atoms with Gasteiger partial charge in [-0.15, -0.1) is 0 Å². The molecule has 0 atom stereocenters. The van der Waals surface area contributed by atoms with Crippen LogP contribution in [-0.4, -0.2) is 11.8 Å². The molecule has 0 spiro atoms. The molecule has 1 aliphatic heterocycles. The van der Waals surface area contributed by atoms with Crippen LogP contribution in [-0.2, 0) is 4.79 Å². The summed E-state index contributed by atoms with van der Waals surface area (Å²) in [5.74, 6) is -0.536. The minimum absolute atomic E-state index is 0.0353. The zero-order chi connectivity index (χ0) is 16.6. The summed E-state index contributed by atoms with van der Waals surface area (Å²) in [5.41, 5.74) is 1.17. The lowest BCUT2D eigenvalue weighted by molar-refractivity contribution is -0.131. The van der Waals surface area contributed by atoms with E-state index in [2.05, 4.69) is 0 Å². The van der Waals surface area contributed by atoms with E-state index in [1.54, 1.807) is 31.2 Å². The molecular weight excluding hydrogens is 299 g/mol. The first-order valence-corrected chi connectivity index (χ1v) is 6.98. The van der Waals surface area contributed by atoms with Gasteiger partial charge in [0.2, 0.25) is 5.78 Å². The van der Waals surface area contributed by atoms with Crippen molar-refractivity contribution in [2.24, 2.45) is 0 Å². The fourth-order valence-electron chi connectivity index (χ4n) is 2.37. The number of fused-ring (bicyclic) bond motifs is 1. The number of ether oxygens (including phenoxy) is 2. The van der Waals surface area contributed by atoms with Gasteiger partial charge < -0.3 is 9.47 Å². The molecule has 0 bridgehead atoms. The Balaban J connectivity index is 2.01. The zero-order valence-corrected chi connectivity index (χ0v) is 12.6. The van der Waals surface area contributed by atoms with Crippen molar-refractivity contribution in [3.05, 3.63) is 64.7 Å². The average Bonchev–Trinajstić information content (AvgIpc) is 2.82. The standard InChI is InChI=1S/C18H13FO4/c1-10-15(22-11(2)20)8-7-13-17(21)16(23-18(10)13)9-12-5-3-4-6-14(12)19/h3-9H,1-2H3/b16-9-. The van der Waals surface area contributed by atoms with Crippen LogP contribution in [0.4, 0.5) is 4.39 Å². The van der Waals surface area contributed by atoms with Crippen LogP contribution in [0.3, 0.4) is 0 Å². The number of carbonyl (C=O) groups excluding carboxylic acids is 2. The predicted octanol–water partition coefficient (Wildman–Crippen LogP) is 3.68. The smallest absolute Gasteiger partial charge is 0.308 e. The molecule has 0 unspecified atom stereocenters. The third-order valence-electron chi connectivity index (χ3n) is 3.48. The van der Waals surface area contributed by atoms with Gasteiger partial charge in [-0.25, -0.2) is 4.39 Å². The van der Waals surface area contributed by atoms with Crippen molar-refractivity contribution in [1.29, 1.82) is 0 Å². The first-order chi connectivity index (χ1) is 11.0. The maximum atomic E-state index is 13.7. The Bertz CT molecular complexity index is 852. The van der Waals surface area contributed by atoms with Crippen molar-refractivity contribution in [1.82, 2.24) is 0 Å². The second kappa shape index (κ2) is 5.68. The summed E-state index contributed by atoms with van der Waals surface area (Å²) in [7, 11) is 0. The number of rotatable bonds is 2. The van der Waals surface area contributed by atoms with Gasteiger partial charge in [-0.05, 0) is 31.2 Å². The summed E-state index contributed by atoms with van der Waals surface area (Å²) < 4.78 is 24.4. The van der Waals surface area contributed by atoms with Gasteiger partial charge in [0.05, 0.1) is 5.56 Å². The predicted molar refractivity (Wildman–Crippen MR) is 81.8 cm³/mol. The number of Topliss-reactive ketones (excluding diaryl/α,β-unsaturated/α-hetero) is 1. The van der Waals surface area contributed by atoms with Gasteiger partial charge in [0.1, 0.15) is 17.3 Å². The molecule has 23 heavy (non-hydrogen) atoms. The first-order valence-electron chi connectivity index (χ1n) is 6.98. The van der Waals surface area contributed by atoms with E-state index >= 15 is 0 Å². The second-order valence-electron chi connectivity index (χ2n) is 5.12. The molecule has 0 saturated carbocycles. The largest absolute Gasteiger partial charge is 0.452 e. The van der Waals surface area contributed by atoms with E-state index in [-0.39, 0.29) is 17.1 Å². The van der Waals surface area contributed by atoms with Crippen LogP contribution in [0.15, 0.2) is 42.2 Å². The Labute approximate surface area is 132 Å². The summed E-state index contributed by atoms with van der Waals surface area (Å²) in [6.07, 6.45) is 1.36. The van der Waals surface area contributed by atoms with E-state index in [1.807, 2.05) is 0 Å². The van der Waals surface area contributed by atoms with Crippen LogP contribution < -0.4 is 9.47 Å². The Morgan fingerprint density at radius 1 is 1.22 bits per heavy atom. The molecule has 0 fully saturated rings. The molecule has 0 radical (unpaired) electrons. The van der Waals surface area contributed by atoms with Gasteiger partial charge >= 0.3 is 5.97 Å². The minimum atomic E-state index is -0.459. The highest BCUT2D eigenvalue weighted by Crippen LogP contribution is 2.39. The Morgan fingerprint density at radius 2 is 1.96 bits per heavy atom. The summed E-state index contributed by atoms with van der Waals surface area (Å²) in [6.45, 7) is 2.98. The van der Waals surface area contributed by atoms with Crippen LogP contribution >= 0.6 is 0 Å². The van der Waals surface area contributed by atoms with Crippen molar-refractivity contribution in [2.45, 2.75) is 13.8 Å². The molecule has 2 aromatic carbocycles. The van der Waals surface area contributed by atoms with Crippen molar-refractivity contribution in [3.8, 4) is 11.5 Å². The Kier molecular flexibility index (Phi) is 3.70. The SMILES string of the molecule is CC(=O)Oc1ccc2c(c1C)O/C(=C\c1ccccc1F)C2=O. The summed E-state index contributed by atoms with van der Waals surface area (Å²) in [4.78, 5) is 23.5. The Morgan fingerprint density at radius 3 is 2.65 bits per heavy atom. The summed E-state index contributed by atoms with van der Waals surface area (Å²) >= 11 is 0. The van der Waals surface area contributed by atoms with E-state index < -0.39 is 11.8 Å². The van der Waals surface area contributed by atoms with E-state index in [4.69, 9.17) is 9.47 Å². The second-order valence-corrected chi connectivity index (χ2v) is 5.12. The van der Waals surface area contributed by atoms with Crippen LogP contribution in [0.2, 0.25) is 0 Å². The van der Waals surface area contributed by atoms with E-state index in [9.17, 15) is 14.0 Å². The highest BCUT2D eigenvalue weighted by atomic mass is 19.1. The molecular formula is C18H13FO4. The average molecular weight is 312 g/mol. The summed E-state index contributed by atoms with van der Waals surface area (Å²) in [6, 6.07) is 9.18. The van der Waals surface area contributed by atoms with E-state index in [1.165, 1.54) is 25.1 Å². The van der Waals surface area contributed by atoms with Crippen LogP contribution in [0, 0.1) is 12.7 Å². The monoisotopic (exact) mass is 312 g/mol. The van der Waals surface area contributed by atoms with Crippen molar-refractivity contribution < 1.29 is 23.5 Å². The highest BCUT2D eigenvalue weighted by molar-refractivity contribution is 6.15. The number of carbonyl (C=O) groups is 2. The normalized spacial score (nSPS) is 14.6. The topological polar surface area (TPSA) is 52.6 Å². The molecule has 1 heterocycles. The quantitative estimate of drug-likeness (QED) is 0.482. The number of esters is 1. The lowest BCUT2D eigenvalue weighted by atomic mass is 10.1. The van der Waals surface area contributed by atoms with Crippen LogP contribution in [0.25, 0.3) is 6.08 Å². The van der Waals surface area contributed by atoms with Crippen molar-refractivity contribution in [3.63, 3.8) is 0 Å². The van der Waals surface area contributed by atoms with Crippen molar-refractivity contribution >= 4 is 17.8 Å². The molecule has 0 amide bonds.